The summed E-state index contributed by atoms with van der Waals surface area (Å²) in [5.74, 6) is -2.25. The Kier molecular flexibility index (Phi) is 85.6. The third kappa shape index (κ3) is 89.8. The van der Waals surface area contributed by atoms with Crippen LogP contribution in [0.3, 0.4) is 0 Å². The van der Waals surface area contributed by atoms with Gasteiger partial charge in [-0.1, -0.05) is 446 Å². The molecule has 9 heteroatoms. The second-order valence-corrected chi connectivity index (χ2v) is 33.3. The van der Waals surface area contributed by atoms with Crippen molar-refractivity contribution in [3.63, 3.8) is 0 Å². The molecule has 0 aliphatic heterocycles. The molecule has 0 N–H and O–H groups in total. The largest absolute Gasteiger partial charge is 0.545 e. The van der Waals surface area contributed by atoms with E-state index in [0.717, 1.165) is 64.2 Å². The monoisotopic (exact) mass is 1500 g/mol. The SMILES string of the molecule is CCCCCCC/C=C\C/C=C\C/C=C\CCCCCCCCCCCCCCCCCCCCCCCCCCCCC(=O)OCC(COC(OCC[N+](C)(C)C)C(=O)[O-])OC(=O)CCCCCCCCCCCCCCCCCCCCCCCCCCCC/C=C\C/C=C\C/C=C\CCCCCCC. The molecule has 0 aliphatic rings. The highest BCUT2D eigenvalue weighted by Crippen LogP contribution is 2.21. The summed E-state index contributed by atoms with van der Waals surface area (Å²) in [4.78, 5) is 37.7. The number of likely N-dealkylation sites (N-methyl/N-ethyl adjacent to an activating group) is 1. The fourth-order valence-corrected chi connectivity index (χ4v) is 14.3. The highest BCUT2D eigenvalue weighted by Gasteiger charge is 2.22. The highest BCUT2D eigenvalue weighted by molar-refractivity contribution is 5.70. The molecule has 0 bridgehead atoms. The number of carboxylic acids is 1. The van der Waals surface area contributed by atoms with Crippen molar-refractivity contribution in [2.45, 2.75) is 489 Å². The Morgan fingerprint density at radius 3 is 0.748 bits per heavy atom. The molecular weight excluding hydrogens is 1320 g/mol. The van der Waals surface area contributed by atoms with Gasteiger partial charge in [-0.25, -0.2) is 0 Å². The number of nitrogens with zero attached hydrogens (tertiary/aromatic N) is 1. The van der Waals surface area contributed by atoms with E-state index in [9.17, 15) is 19.5 Å². The molecule has 0 amide bonds. The first-order valence-electron chi connectivity index (χ1n) is 47.1. The van der Waals surface area contributed by atoms with Crippen molar-refractivity contribution < 1.29 is 42.9 Å². The van der Waals surface area contributed by atoms with Gasteiger partial charge in [-0.3, -0.25) is 9.59 Å². The highest BCUT2D eigenvalue weighted by atomic mass is 16.7. The molecule has 0 aromatic heterocycles. The fraction of sp³-hybridized carbons (Fsp3) is 0.847. The molecular formula is C98H181NO8. The fourth-order valence-electron chi connectivity index (χ4n) is 14.3. The van der Waals surface area contributed by atoms with E-state index in [-0.39, 0.29) is 32.2 Å². The summed E-state index contributed by atoms with van der Waals surface area (Å²) in [6.45, 7) is 4.80. The maximum Gasteiger partial charge on any atom is 0.306 e. The van der Waals surface area contributed by atoms with Gasteiger partial charge in [0.15, 0.2) is 12.4 Å². The van der Waals surface area contributed by atoms with Crippen LogP contribution in [0.5, 0.6) is 0 Å². The van der Waals surface area contributed by atoms with Crippen LogP contribution in [-0.2, 0) is 33.3 Å². The van der Waals surface area contributed by atoms with E-state index in [2.05, 4.69) is 86.8 Å². The number of ether oxygens (including phenoxy) is 4. The van der Waals surface area contributed by atoms with E-state index >= 15 is 0 Å². The Balaban J connectivity index is 3.88. The zero-order valence-electron chi connectivity index (χ0n) is 72.0. The minimum atomic E-state index is -1.62. The van der Waals surface area contributed by atoms with Gasteiger partial charge < -0.3 is 33.3 Å². The minimum absolute atomic E-state index is 0.150. The van der Waals surface area contributed by atoms with Crippen LogP contribution in [-0.4, -0.2) is 82.3 Å². The quantitative estimate of drug-likeness (QED) is 0.0195. The van der Waals surface area contributed by atoms with Crippen LogP contribution in [0.4, 0.5) is 0 Å². The average Bonchev–Trinajstić information content (AvgIpc) is 0.928. The third-order valence-corrected chi connectivity index (χ3v) is 21.4. The van der Waals surface area contributed by atoms with Gasteiger partial charge in [-0.05, 0) is 89.9 Å². The topological polar surface area (TPSA) is 111 Å². The number of carbonyl (C=O) groups is 3. The molecule has 2 atom stereocenters. The lowest BCUT2D eigenvalue weighted by Gasteiger charge is -2.26. The van der Waals surface area contributed by atoms with Crippen molar-refractivity contribution in [3.05, 3.63) is 72.9 Å². The van der Waals surface area contributed by atoms with Gasteiger partial charge in [0.05, 0.1) is 40.3 Å². The normalized spacial score (nSPS) is 12.9. The molecule has 0 saturated carbocycles. The number of allylic oxidation sites excluding steroid dienone is 12. The van der Waals surface area contributed by atoms with E-state index in [1.807, 2.05) is 21.1 Å². The summed E-state index contributed by atoms with van der Waals surface area (Å²) in [6.07, 6.45) is 118. The van der Waals surface area contributed by atoms with Crippen LogP contribution >= 0.6 is 0 Å². The van der Waals surface area contributed by atoms with Crippen molar-refractivity contribution in [1.29, 1.82) is 0 Å². The first-order valence-corrected chi connectivity index (χ1v) is 47.1. The van der Waals surface area contributed by atoms with Gasteiger partial charge in [0.1, 0.15) is 13.2 Å². The number of hydrogen-bond acceptors (Lipinski definition) is 8. The number of carboxylic acid groups (broad SMARTS) is 1. The summed E-state index contributed by atoms with van der Waals surface area (Å²) in [6, 6.07) is 0. The maximum absolute atomic E-state index is 13.0. The first-order chi connectivity index (χ1) is 52.6. The van der Waals surface area contributed by atoms with E-state index in [4.69, 9.17) is 18.9 Å². The van der Waals surface area contributed by atoms with Crippen LogP contribution in [0, 0.1) is 0 Å². The Morgan fingerprint density at radius 1 is 0.280 bits per heavy atom. The summed E-state index contributed by atoms with van der Waals surface area (Å²) >= 11 is 0. The predicted molar refractivity (Wildman–Crippen MR) is 463 cm³/mol. The molecule has 626 valence electrons. The molecule has 2 unspecified atom stereocenters. The number of aliphatic carboxylic acids is 1. The van der Waals surface area contributed by atoms with Gasteiger partial charge in [-0.15, -0.1) is 0 Å². The number of unbranched alkanes of at least 4 members (excludes halogenated alkanes) is 62. The summed E-state index contributed by atoms with van der Waals surface area (Å²) < 4.78 is 22.9. The van der Waals surface area contributed by atoms with Crippen molar-refractivity contribution in [2.24, 2.45) is 0 Å². The Labute approximate surface area is 666 Å². The first kappa shape index (κ1) is 104. The third-order valence-electron chi connectivity index (χ3n) is 21.4. The smallest absolute Gasteiger partial charge is 0.306 e. The van der Waals surface area contributed by atoms with Crippen LogP contribution in [0.1, 0.15) is 476 Å². The van der Waals surface area contributed by atoms with Gasteiger partial charge >= 0.3 is 11.9 Å². The van der Waals surface area contributed by atoms with E-state index in [1.165, 1.54) is 385 Å². The van der Waals surface area contributed by atoms with Crippen molar-refractivity contribution >= 4 is 17.9 Å². The molecule has 0 saturated heterocycles. The van der Waals surface area contributed by atoms with Crippen LogP contribution in [0.25, 0.3) is 0 Å². The molecule has 0 spiro atoms. The lowest BCUT2D eigenvalue weighted by molar-refractivity contribution is -0.870. The number of rotatable bonds is 89. The lowest BCUT2D eigenvalue weighted by atomic mass is 10.0. The van der Waals surface area contributed by atoms with E-state index in [1.54, 1.807) is 0 Å². The summed E-state index contributed by atoms with van der Waals surface area (Å²) in [5, 5.41) is 11.9. The van der Waals surface area contributed by atoms with Crippen molar-refractivity contribution in [2.75, 3.05) is 47.5 Å². The van der Waals surface area contributed by atoms with E-state index < -0.39 is 24.3 Å². The zero-order chi connectivity index (χ0) is 77.4. The number of quaternary nitrogens is 1. The second kappa shape index (κ2) is 88.3. The lowest BCUT2D eigenvalue weighted by Crippen LogP contribution is -2.44. The van der Waals surface area contributed by atoms with Gasteiger partial charge in [0.2, 0.25) is 0 Å². The predicted octanol–water partition coefficient (Wildman–Crippen LogP) is 29.7. The standard InChI is InChI=1S/C98H181NO8/c1-6-8-10-12-14-16-18-20-22-24-26-28-30-32-34-36-38-40-42-44-46-48-50-52-54-56-58-60-62-64-66-68-70-72-74-76-78-80-82-84-86-88-95(100)105-92-94(93-106-98(97(102)103)104-91-90-99(3,4)5)107-96(101)89-87-85-83-81-79-77-75-73-71-69-67-65-63-61-59-57-55-53-51-49-47-45-43-41-39-37-35-33-31-29-27-25-23-21-19-17-15-13-11-9-7-2/h18-21,24-27,30-33,94,98H,6-17,22-23,28-29,34-93H2,1-5H3/b20-18-,21-19-,26-24-,27-25-,32-30-,33-31-. The second-order valence-electron chi connectivity index (χ2n) is 33.3. The number of hydrogen-bond donors (Lipinski definition) is 0. The Bertz CT molecular complexity index is 2000. The minimum Gasteiger partial charge on any atom is -0.545 e. The van der Waals surface area contributed by atoms with Crippen LogP contribution in [0.15, 0.2) is 72.9 Å². The molecule has 0 aliphatic carbocycles. The molecule has 0 aromatic carbocycles. The molecule has 0 rings (SSSR count). The maximum atomic E-state index is 13.0. The number of carbonyl (C=O) groups excluding carboxylic acids is 3. The van der Waals surface area contributed by atoms with Crippen molar-refractivity contribution in [1.82, 2.24) is 0 Å². The zero-order valence-corrected chi connectivity index (χ0v) is 72.0. The Hall–Kier alpha value is -3.27. The molecule has 0 fully saturated rings. The van der Waals surface area contributed by atoms with Gasteiger partial charge in [-0.2, -0.15) is 0 Å². The molecule has 9 nitrogen and oxygen atoms in total. The average molecular weight is 1500 g/mol. The van der Waals surface area contributed by atoms with Gasteiger partial charge in [0, 0.05) is 12.8 Å². The van der Waals surface area contributed by atoms with E-state index in [0.29, 0.717) is 17.4 Å². The summed E-state index contributed by atoms with van der Waals surface area (Å²) in [7, 11) is 5.96. The molecule has 107 heavy (non-hydrogen) atoms. The van der Waals surface area contributed by atoms with Gasteiger partial charge in [0.25, 0.3) is 0 Å². The van der Waals surface area contributed by atoms with Crippen molar-refractivity contribution in [3.8, 4) is 0 Å². The van der Waals surface area contributed by atoms with Crippen LogP contribution < -0.4 is 5.11 Å². The van der Waals surface area contributed by atoms with Crippen LogP contribution in [0.2, 0.25) is 0 Å². The molecule has 0 heterocycles. The molecule has 0 radical (unpaired) electrons. The number of esters is 2. The summed E-state index contributed by atoms with van der Waals surface area (Å²) in [5.41, 5.74) is 0. The molecule has 0 aromatic rings. The Morgan fingerprint density at radius 2 is 0.505 bits per heavy atom.